The van der Waals surface area contributed by atoms with Crippen LogP contribution in [-0.4, -0.2) is 71.7 Å². The molecule has 0 radical (unpaired) electrons. The van der Waals surface area contributed by atoms with E-state index in [4.69, 9.17) is 24.5 Å². The van der Waals surface area contributed by atoms with Gasteiger partial charge in [0, 0.05) is 36.3 Å². The van der Waals surface area contributed by atoms with Gasteiger partial charge in [0.1, 0.15) is 17.5 Å². The molecule has 0 bridgehead atoms. The van der Waals surface area contributed by atoms with Crippen LogP contribution >= 0.6 is 0 Å². The van der Waals surface area contributed by atoms with Gasteiger partial charge in [-0.1, -0.05) is 0 Å². The summed E-state index contributed by atoms with van der Waals surface area (Å²) in [5.74, 6) is -3.17. The number of halogens is 3. The number of anilines is 1. The van der Waals surface area contributed by atoms with Gasteiger partial charge in [0.2, 0.25) is 5.91 Å². The fourth-order valence-electron chi connectivity index (χ4n) is 3.41. The number of carbonyl (C=O) groups excluding carboxylic acids is 1. The van der Waals surface area contributed by atoms with Gasteiger partial charge in [-0.3, -0.25) is 9.59 Å². The molecular formula is C19H23F3N2O8. The summed E-state index contributed by atoms with van der Waals surface area (Å²) in [6.45, 7) is 0.0462. The first-order valence-corrected chi connectivity index (χ1v) is 9.34. The van der Waals surface area contributed by atoms with Crippen molar-refractivity contribution in [2.75, 3.05) is 26.1 Å². The van der Waals surface area contributed by atoms with Crippen LogP contribution in [0.2, 0.25) is 0 Å². The number of ether oxygens (including phenoxy) is 2. The zero-order valence-corrected chi connectivity index (χ0v) is 17.2. The summed E-state index contributed by atoms with van der Waals surface area (Å²) in [6.07, 6.45) is -4.30. The predicted molar refractivity (Wildman–Crippen MR) is 103 cm³/mol. The molecule has 1 aliphatic carbocycles. The molecule has 0 spiro atoms. The van der Waals surface area contributed by atoms with Crippen molar-refractivity contribution in [3.05, 3.63) is 17.7 Å². The van der Waals surface area contributed by atoms with Gasteiger partial charge in [0.05, 0.1) is 25.7 Å². The van der Waals surface area contributed by atoms with E-state index in [1.807, 2.05) is 6.07 Å². The number of fused-ring (bicyclic) bond motifs is 1. The highest BCUT2D eigenvalue weighted by Crippen LogP contribution is 2.39. The van der Waals surface area contributed by atoms with Crippen LogP contribution in [-0.2, 0) is 20.8 Å². The van der Waals surface area contributed by atoms with Gasteiger partial charge < -0.3 is 35.4 Å². The second-order valence-electron chi connectivity index (χ2n) is 7.45. The second kappa shape index (κ2) is 9.51. The van der Waals surface area contributed by atoms with Gasteiger partial charge in [0.25, 0.3) is 0 Å². The molecule has 2 aliphatic rings. The summed E-state index contributed by atoms with van der Waals surface area (Å²) in [7, 11) is 3.12. The average Bonchev–Trinajstić information content (AvgIpc) is 3.12. The molecular weight excluding hydrogens is 441 g/mol. The number of aliphatic hydroxyl groups is 1. The molecule has 1 atom stereocenters. The predicted octanol–water partition coefficient (Wildman–Crippen LogP) is 1.02. The Labute approximate surface area is 180 Å². The Bertz CT molecular complexity index is 884. The summed E-state index contributed by atoms with van der Waals surface area (Å²) < 4.78 is 42.3. The molecule has 1 saturated carbocycles. The lowest BCUT2D eigenvalue weighted by Gasteiger charge is -2.41. The fourth-order valence-corrected chi connectivity index (χ4v) is 3.41. The first-order valence-electron chi connectivity index (χ1n) is 9.34. The monoisotopic (exact) mass is 464 g/mol. The van der Waals surface area contributed by atoms with E-state index < -0.39 is 35.7 Å². The van der Waals surface area contributed by atoms with E-state index in [2.05, 4.69) is 10.6 Å². The number of methoxy groups -OCH3 is 2. The van der Waals surface area contributed by atoms with Crippen molar-refractivity contribution >= 4 is 23.5 Å². The Morgan fingerprint density at radius 2 is 1.78 bits per heavy atom. The van der Waals surface area contributed by atoms with Crippen molar-refractivity contribution in [1.82, 2.24) is 5.32 Å². The maximum atomic E-state index is 12.4. The van der Waals surface area contributed by atoms with Crippen LogP contribution in [0.15, 0.2) is 12.1 Å². The number of amides is 1. The Morgan fingerprint density at radius 3 is 2.25 bits per heavy atom. The summed E-state index contributed by atoms with van der Waals surface area (Å²) >= 11 is 0. The molecule has 0 saturated heterocycles. The number of hydrogen-bond acceptors (Lipinski definition) is 7. The summed E-state index contributed by atoms with van der Waals surface area (Å²) in [5.41, 5.74) is 0.548. The molecule has 1 aromatic carbocycles. The van der Waals surface area contributed by atoms with E-state index in [0.29, 0.717) is 17.9 Å². The number of nitrogens with one attached hydrogen (secondary N) is 2. The van der Waals surface area contributed by atoms with E-state index >= 15 is 0 Å². The third-order valence-electron chi connectivity index (χ3n) is 5.13. The lowest BCUT2D eigenvalue weighted by atomic mass is 9.71. The quantitative estimate of drug-likeness (QED) is 0.415. The molecule has 1 unspecified atom stereocenters. The number of carboxylic acid groups (broad SMARTS) is 2. The average molecular weight is 464 g/mol. The van der Waals surface area contributed by atoms with Gasteiger partial charge in [-0.2, -0.15) is 13.2 Å². The maximum Gasteiger partial charge on any atom is 0.490 e. The number of carbonyl (C=O) groups is 3. The molecule has 1 fully saturated rings. The highest BCUT2D eigenvalue weighted by atomic mass is 19.4. The van der Waals surface area contributed by atoms with Gasteiger partial charge >= 0.3 is 18.1 Å². The minimum atomic E-state index is -5.08. The number of aliphatic carboxylic acids is 2. The van der Waals surface area contributed by atoms with Gasteiger partial charge in [0.15, 0.2) is 0 Å². The SMILES string of the molecule is COc1cc2c(c(OC)c1)CC(C(=O)NCC1(O)CC(C(=O)O)C1)N2.O=C(O)C(F)(F)F. The number of benzene rings is 1. The van der Waals surface area contributed by atoms with Crippen LogP contribution in [0.1, 0.15) is 18.4 Å². The van der Waals surface area contributed by atoms with Crippen LogP contribution in [0.3, 0.4) is 0 Å². The van der Waals surface area contributed by atoms with Crippen molar-refractivity contribution in [2.24, 2.45) is 5.92 Å². The Hall–Kier alpha value is -3.22. The van der Waals surface area contributed by atoms with Crippen molar-refractivity contribution in [1.29, 1.82) is 0 Å². The van der Waals surface area contributed by atoms with Gasteiger partial charge in [-0.05, 0) is 12.8 Å². The van der Waals surface area contributed by atoms with Crippen LogP contribution in [0.4, 0.5) is 18.9 Å². The number of alkyl halides is 3. The third kappa shape index (κ3) is 5.93. The molecule has 1 amide bonds. The molecule has 13 heteroatoms. The number of hydrogen-bond donors (Lipinski definition) is 5. The normalized spacial score (nSPS) is 23.4. The lowest BCUT2D eigenvalue weighted by Crippen LogP contribution is -2.55. The Morgan fingerprint density at radius 1 is 1.19 bits per heavy atom. The zero-order valence-electron chi connectivity index (χ0n) is 17.2. The highest BCUT2D eigenvalue weighted by molar-refractivity contribution is 5.88. The third-order valence-corrected chi connectivity index (χ3v) is 5.13. The zero-order chi connectivity index (χ0) is 24.3. The molecule has 1 aliphatic heterocycles. The van der Waals surface area contributed by atoms with Crippen molar-refractivity contribution in [2.45, 2.75) is 37.1 Å². The maximum absolute atomic E-state index is 12.4. The van der Waals surface area contributed by atoms with E-state index in [-0.39, 0.29) is 25.3 Å². The standard InChI is InChI=1S/C17H22N2O6.C2HF3O2/c1-24-10-3-12-11(14(4-10)25-2)5-13(19-12)15(20)18-8-17(23)6-9(7-17)16(21)22;3-2(4,5)1(6)7/h3-4,9,13,19,23H,5-8H2,1-2H3,(H,18,20)(H,21,22);(H,6,7). The van der Waals surface area contributed by atoms with E-state index in [9.17, 15) is 27.9 Å². The number of carboxylic acids is 2. The van der Waals surface area contributed by atoms with Crippen LogP contribution < -0.4 is 20.1 Å². The fraction of sp³-hybridized carbons (Fsp3) is 0.526. The molecule has 178 valence electrons. The van der Waals surface area contributed by atoms with Gasteiger partial charge in [-0.25, -0.2) is 4.79 Å². The largest absolute Gasteiger partial charge is 0.497 e. The summed E-state index contributed by atoms with van der Waals surface area (Å²) in [6, 6.07) is 3.10. The molecule has 3 rings (SSSR count). The molecule has 1 aromatic rings. The van der Waals surface area contributed by atoms with E-state index in [1.165, 1.54) is 0 Å². The minimum Gasteiger partial charge on any atom is -0.497 e. The highest BCUT2D eigenvalue weighted by Gasteiger charge is 2.46. The van der Waals surface area contributed by atoms with Crippen LogP contribution in [0, 0.1) is 5.92 Å². The van der Waals surface area contributed by atoms with E-state index in [0.717, 1.165) is 11.3 Å². The summed E-state index contributed by atoms with van der Waals surface area (Å²) in [4.78, 5) is 32.1. The topological polar surface area (TPSA) is 154 Å². The Kier molecular flexibility index (Phi) is 7.44. The minimum absolute atomic E-state index is 0.0462. The molecule has 0 aromatic heterocycles. The van der Waals surface area contributed by atoms with Crippen LogP contribution in [0.25, 0.3) is 0 Å². The summed E-state index contributed by atoms with van der Waals surface area (Å²) in [5, 5.41) is 32.1. The molecule has 5 N–H and O–H groups in total. The first kappa shape index (κ1) is 25.0. The van der Waals surface area contributed by atoms with Crippen molar-refractivity contribution < 1.29 is 52.3 Å². The smallest absolute Gasteiger partial charge is 0.490 e. The number of rotatable bonds is 6. The molecule has 32 heavy (non-hydrogen) atoms. The first-order chi connectivity index (χ1) is 14.8. The van der Waals surface area contributed by atoms with Crippen molar-refractivity contribution in [3.63, 3.8) is 0 Å². The van der Waals surface area contributed by atoms with E-state index in [1.54, 1.807) is 20.3 Å². The van der Waals surface area contributed by atoms with Crippen LogP contribution in [0.5, 0.6) is 11.5 Å². The Balaban J connectivity index is 0.000000451. The molecule has 10 nitrogen and oxygen atoms in total. The lowest BCUT2D eigenvalue weighted by molar-refractivity contribution is -0.192. The van der Waals surface area contributed by atoms with Crippen molar-refractivity contribution in [3.8, 4) is 11.5 Å². The van der Waals surface area contributed by atoms with Gasteiger partial charge in [-0.15, -0.1) is 0 Å². The molecule has 1 heterocycles. The second-order valence-corrected chi connectivity index (χ2v) is 7.45.